The van der Waals surface area contributed by atoms with Crippen LogP contribution in [-0.2, 0) is 6.42 Å². The molecule has 2 fully saturated rings. The highest BCUT2D eigenvalue weighted by Crippen LogP contribution is 2.32. The number of nitrogens with one attached hydrogen (secondary N) is 1. The second-order valence-electron chi connectivity index (χ2n) is 12.7. The summed E-state index contributed by atoms with van der Waals surface area (Å²) in [7, 11) is 0. The quantitative estimate of drug-likeness (QED) is 0.281. The third kappa shape index (κ3) is 9.15. The third-order valence-corrected chi connectivity index (χ3v) is 9.47. The molecule has 5 rings (SSSR count). The molecule has 3 aliphatic rings. The topological polar surface area (TPSA) is 35.6 Å². The summed E-state index contributed by atoms with van der Waals surface area (Å²) in [6.45, 7) is 10.2. The summed E-state index contributed by atoms with van der Waals surface area (Å²) in [5.74, 6) is 1.88. The first-order valence-electron chi connectivity index (χ1n) is 16.4. The first kappa shape index (κ1) is 29.8. The van der Waals surface area contributed by atoms with Crippen LogP contribution in [0.4, 0.5) is 0 Å². The van der Waals surface area contributed by atoms with Gasteiger partial charge in [0.15, 0.2) is 0 Å². The Balaban J connectivity index is 1.03. The Hall–Kier alpha value is -2.69. The molecule has 4 heteroatoms. The lowest BCUT2D eigenvalue weighted by atomic mass is 9.84. The van der Waals surface area contributed by atoms with Crippen LogP contribution in [0.2, 0.25) is 0 Å². The normalized spacial score (nSPS) is 21.4. The number of piperidine rings is 2. The average molecular weight is 554 g/mol. The Morgan fingerprint density at radius 1 is 0.902 bits per heavy atom. The van der Waals surface area contributed by atoms with Crippen LogP contribution in [0.25, 0.3) is 0 Å². The fraction of sp³-hybridized carbons (Fsp3) is 0.541. The maximum Gasteiger partial charge on any atom is 0.251 e. The Morgan fingerprint density at radius 2 is 1.66 bits per heavy atom. The summed E-state index contributed by atoms with van der Waals surface area (Å²) < 4.78 is 0. The number of carbonyl (C=O) groups is 1. The lowest BCUT2D eigenvalue weighted by molar-refractivity contribution is 0.0952. The molecular formula is C37H51N3O. The molecule has 2 aliphatic heterocycles. The van der Waals surface area contributed by atoms with Crippen molar-refractivity contribution >= 4 is 5.91 Å². The highest BCUT2D eigenvalue weighted by molar-refractivity contribution is 5.94. The number of allylic oxidation sites excluding steroid dienone is 3. The van der Waals surface area contributed by atoms with Crippen molar-refractivity contribution in [3.8, 4) is 0 Å². The summed E-state index contributed by atoms with van der Waals surface area (Å²) >= 11 is 0. The van der Waals surface area contributed by atoms with E-state index in [1.54, 1.807) is 0 Å². The number of nitrogens with zero attached hydrogens (tertiary/aromatic N) is 2. The van der Waals surface area contributed by atoms with Crippen LogP contribution in [0.1, 0.15) is 85.7 Å². The maximum absolute atomic E-state index is 12.6. The molecule has 0 saturated carbocycles. The van der Waals surface area contributed by atoms with Gasteiger partial charge in [0, 0.05) is 24.6 Å². The molecule has 2 aromatic carbocycles. The van der Waals surface area contributed by atoms with E-state index in [1.807, 2.05) is 12.1 Å². The first-order chi connectivity index (χ1) is 20.1. The van der Waals surface area contributed by atoms with Gasteiger partial charge in [0.2, 0.25) is 0 Å². The Labute approximate surface area is 248 Å². The fourth-order valence-electron chi connectivity index (χ4n) is 6.80. The predicted molar refractivity (Wildman–Crippen MR) is 171 cm³/mol. The molecule has 0 bridgehead atoms. The number of hydrogen-bond acceptors (Lipinski definition) is 3. The molecule has 4 nitrogen and oxygen atoms in total. The minimum atomic E-state index is 0.0631. The van der Waals surface area contributed by atoms with E-state index in [9.17, 15) is 4.79 Å². The lowest BCUT2D eigenvalue weighted by Crippen LogP contribution is -2.37. The molecule has 2 heterocycles. The van der Waals surface area contributed by atoms with Crippen molar-refractivity contribution in [1.29, 1.82) is 0 Å². The van der Waals surface area contributed by atoms with E-state index in [0.29, 0.717) is 11.8 Å². The van der Waals surface area contributed by atoms with Gasteiger partial charge in [0.05, 0.1) is 0 Å². The average Bonchev–Trinajstić information content (AvgIpc) is 3.02. The molecular weight excluding hydrogens is 502 g/mol. The first-order valence-corrected chi connectivity index (χ1v) is 16.4. The van der Waals surface area contributed by atoms with Crippen molar-refractivity contribution in [3.05, 3.63) is 95.1 Å². The minimum absolute atomic E-state index is 0.0631. The van der Waals surface area contributed by atoms with Crippen LogP contribution < -0.4 is 5.32 Å². The number of likely N-dealkylation sites (tertiary alicyclic amines) is 2. The van der Waals surface area contributed by atoms with Crippen LogP contribution >= 0.6 is 0 Å². The van der Waals surface area contributed by atoms with Gasteiger partial charge in [-0.05, 0) is 125 Å². The summed E-state index contributed by atoms with van der Waals surface area (Å²) in [6.07, 6.45) is 18.3. The highest BCUT2D eigenvalue weighted by Gasteiger charge is 2.25. The maximum atomic E-state index is 12.6. The number of rotatable bonds is 12. The largest absolute Gasteiger partial charge is 0.352 e. The van der Waals surface area contributed by atoms with Gasteiger partial charge in [-0.3, -0.25) is 4.79 Å². The Bertz CT molecular complexity index is 1120. The molecule has 2 saturated heterocycles. The van der Waals surface area contributed by atoms with Crippen molar-refractivity contribution in [1.82, 2.24) is 15.1 Å². The number of hydrogen-bond donors (Lipinski definition) is 1. The predicted octanol–water partition coefficient (Wildman–Crippen LogP) is 7.24. The molecule has 1 N–H and O–H groups in total. The number of carbonyl (C=O) groups excluding carboxylic acids is 1. The molecule has 220 valence electrons. The van der Waals surface area contributed by atoms with E-state index in [2.05, 4.69) is 82.7 Å². The molecule has 2 unspecified atom stereocenters. The Kier molecular flexibility index (Phi) is 11.3. The summed E-state index contributed by atoms with van der Waals surface area (Å²) in [5.41, 5.74) is 5.06. The van der Waals surface area contributed by atoms with Crippen LogP contribution in [0.5, 0.6) is 0 Å². The van der Waals surface area contributed by atoms with Gasteiger partial charge in [-0.15, -0.1) is 0 Å². The van der Waals surface area contributed by atoms with Gasteiger partial charge in [0.1, 0.15) is 0 Å². The summed E-state index contributed by atoms with van der Waals surface area (Å²) in [4.78, 5) is 17.9. The van der Waals surface area contributed by atoms with Crippen LogP contribution in [0.15, 0.2) is 78.4 Å². The van der Waals surface area contributed by atoms with Gasteiger partial charge in [-0.1, -0.05) is 74.0 Å². The fourth-order valence-corrected chi connectivity index (χ4v) is 6.80. The van der Waals surface area contributed by atoms with E-state index in [-0.39, 0.29) is 5.91 Å². The van der Waals surface area contributed by atoms with E-state index in [4.69, 9.17) is 0 Å². The van der Waals surface area contributed by atoms with Gasteiger partial charge in [0.25, 0.3) is 5.91 Å². The van der Waals surface area contributed by atoms with Crippen molar-refractivity contribution in [2.75, 3.05) is 45.8 Å². The van der Waals surface area contributed by atoms with Crippen LogP contribution in [0, 0.1) is 11.8 Å². The molecule has 1 amide bonds. The van der Waals surface area contributed by atoms with E-state index in [1.165, 1.54) is 87.9 Å². The molecule has 2 atom stereocenters. The summed E-state index contributed by atoms with van der Waals surface area (Å²) in [6, 6.07) is 19.4. The van der Waals surface area contributed by atoms with E-state index in [0.717, 1.165) is 43.8 Å². The standard InChI is InChI=1S/C37H51N3O/c1-30-12-16-34(17-13-30)36(33-10-4-2-5-11-33)29-40-26-20-32(21-27-40)28-31-14-18-35(19-15-31)37(41)38-22-6-9-25-39-23-7-3-8-24-39/h2,4-5,10-12,14-19,30,32,36H,3,6-9,13,20-29H2,1H3,(H,38,41). The lowest BCUT2D eigenvalue weighted by Gasteiger charge is -2.35. The molecule has 0 spiro atoms. The number of amides is 1. The van der Waals surface area contributed by atoms with Gasteiger partial charge in [-0.25, -0.2) is 0 Å². The SMILES string of the molecule is CC1C=CC(C(CN2CCC(Cc3ccc(C(=O)NCCCCN4CCCCC4)cc3)CC2)c2ccccc2)=CC1. The Morgan fingerprint density at radius 3 is 2.37 bits per heavy atom. The van der Waals surface area contributed by atoms with Crippen LogP contribution in [-0.4, -0.2) is 61.5 Å². The molecule has 0 radical (unpaired) electrons. The van der Waals surface area contributed by atoms with Crippen molar-refractivity contribution in [3.63, 3.8) is 0 Å². The van der Waals surface area contributed by atoms with Gasteiger partial charge in [-0.2, -0.15) is 0 Å². The number of benzene rings is 2. The molecule has 2 aromatic rings. The minimum Gasteiger partial charge on any atom is -0.352 e. The molecule has 41 heavy (non-hydrogen) atoms. The van der Waals surface area contributed by atoms with Gasteiger partial charge < -0.3 is 15.1 Å². The van der Waals surface area contributed by atoms with Crippen LogP contribution in [0.3, 0.4) is 0 Å². The second-order valence-corrected chi connectivity index (χ2v) is 12.7. The third-order valence-electron chi connectivity index (χ3n) is 9.47. The smallest absolute Gasteiger partial charge is 0.251 e. The van der Waals surface area contributed by atoms with Crippen molar-refractivity contribution in [2.45, 2.75) is 70.6 Å². The zero-order valence-corrected chi connectivity index (χ0v) is 25.3. The van der Waals surface area contributed by atoms with E-state index >= 15 is 0 Å². The highest BCUT2D eigenvalue weighted by atomic mass is 16.1. The second kappa shape index (κ2) is 15.5. The molecule has 1 aliphatic carbocycles. The molecule has 0 aromatic heterocycles. The van der Waals surface area contributed by atoms with Crippen molar-refractivity contribution < 1.29 is 4.79 Å². The van der Waals surface area contributed by atoms with E-state index < -0.39 is 0 Å². The number of unbranched alkanes of at least 4 members (excludes halogenated alkanes) is 1. The zero-order chi connectivity index (χ0) is 28.3. The summed E-state index contributed by atoms with van der Waals surface area (Å²) in [5, 5.41) is 3.12. The monoisotopic (exact) mass is 553 g/mol. The zero-order valence-electron chi connectivity index (χ0n) is 25.3. The van der Waals surface area contributed by atoms with Gasteiger partial charge >= 0.3 is 0 Å². The van der Waals surface area contributed by atoms with Crippen molar-refractivity contribution in [2.24, 2.45) is 11.8 Å².